The molecule has 1 aliphatic carbocycles. The molecular weight excluding hydrogens is 333 g/mol. The molecule has 0 radical (unpaired) electrons. The molecule has 0 aromatic heterocycles. The molecule has 124 valence electrons. The summed E-state index contributed by atoms with van der Waals surface area (Å²) < 4.78 is 40.8. The lowest BCUT2D eigenvalue weighted by Gasteiger charge is -2.38. The predicted molar refractivity (Wildman–Crippen MR) is 78.0 cm³/mol. The number of hydrogen-bond acceptors (Lipinski definition) is 3. The smallest absolute Gasteiger partial charge is 0.362 e. The summed E-state index contributed by atoms with van der Waals surface area (Å²) in [6.45, 7) is 0. The number of rotatable bonds is 1. The van der Waals surface area contributed by atoms with Crippen LogP contribution in [0.15, 0.2) is 29.4 Å². The highest BCUT2D eigenvalue weighted by Crippen LogP contribution is 2.48. The molecule has 1 amide bonds. The Balaban J connectivity index is 2.07. The maximum absolute atomic E-state index is 13.6. The Bertz CT molecular complexity index is 677. The molecule has 2 aliphatic rings. The fourth-order valence-corrected chi connectivity index (χ4v) is 3.38. The average Bonchev–Trinajstić information content (AvgIpc) is 2.82. The van der Waals surface area contributed by atoms with E-state index in [1.165, 1.54) is 18.2 Å². The number of aliphatic hydroxyl groups is 1. The van der Waals surface area contributed by atoms with Crippen molar-refractivity contribution in [3.8, 4) is 0 Å². The molecule has 4 nitrogen and oxygen atoms in total. The molecule has 1 N–H and O–H groups in total. The zero-order valence-corrected chi connectivity index (χ0v) is 12.7. The molecule has 2 atom stereocenters. The van der Waals surface area contributed by atoms with Gasteiger partial charge in [-0.2, -0.15) is 23.3 Å². The molecular formula is C15H14ClF3N2O2. The van der Waals surface area contributed by atoms with Crippen molar-refractivity contribution >= 4 is 23.2 Å². The second-order valence-corrected chi connectivity index (χ2v) is 6.12. The zero-order chi connectivity index (χ0) is 16.8. The Labute approximate surface area is 135 Å². The number of nitrogens with zero attached hydrogens (tertiary/aromatic N) is 2. The van der Waals surface area contributed by atoms with E-state index in [1.807, 2.05) is 0 Å². The van der Waals surface area contributed by atoms with Crippen LogP contribution in [-0.2, 0) is 0 Å². The Morgan fingerprint density at radius 3 is 2.70 bits per heavy atom. The summed E-state index contributed by atoms with van der Waals surface area (Å²) in [6, 6.07) is 5.76. The van der Waals surface area contributed by atoms with Gasteiger partial charge in [-0.05, 0) is 31.4 Å². The summed E-state index contributed by atoms with van der Waals surface area (Å²) in [5.41, 5.74) is -3.23. The van der Waals surface area contributed by atoms with Gasteiger partial charge in [0.25, 0.3) is 11.6 Å². The van der Waals surface area contributed by atoms with Crippen LogP contribution in [-0.4, -0.2) is 33.6 Å². The standard InChI is InChI=1S/C15H14ClF3N2O2/c16-11-7-3-1-5-9(11)13(22)21-14(23,15(17,18)19)10-6-2-4-8-12(10)20-21/h1,3,5,7,10,23H,2,4,6,8H2/t10-,14-/m0/s1. The number of amides is 1. The summed E-state index contributed by atoms with van der Waals surface area (Å²) in [5, 5.41) is 14.4. The molecule has 1 fully saturated rings. The second-order valence-electron chi connectivity index (χ2n) is 5.71. The Hall–Kier alpha value is -1.60. The summed E-state index contributed by atoms with van der Waals surface area (Å²) in [4.78, 5) is 12.5. The molecule has 0 saturated heterocycles. The van der Waals surface area contributed by atoms with Gasteiger partial charge in [0.2, 0.25) is 0 Å². The normalized spacial score (nSPS) is 27.6. The van der Waals surface area contributed by atoms with Crippen LogP contribution in [0.2, 0.25) is 5.02 Å². The first-order valence-corrected chi connectivity index (χ1v) is 7.60. The zero-order valence-electron chi connectivity index (χ0n) is 12.0. The van der Waals surface area contributed by atoms with Gasteiger partial charge in [0.1, 0.15) is 0 Å². The number of hydrogen-bond donors (Lipinski definition) is 1. The first-order valence-electron chi connectivity index (χ1n) is 7.22. The van der Waals surface area contributed by atoms with Crippen molar-refractivity contribution in [1.82, 2.24) is 5.01 Å². The van der Waals surface area contributed by atoms with Gasteiger partial charge in [0.15, 0.2) is 0 Å². The van der Waals surface area contributed by atoms with Crippen molar-refractivity contribution in [1.29, 1.82) is 0 Å². The Morgan fingerprint density at radius 1 is 1.35 bits per heavy atom. The summed E-state index contributed by atoms with van der Waals surface area (Å²) in [7, 11) is 0. The predicted octanol–water partition coefficient (Wildman–Crippen LogP) is 3.59. The van der Waals surface area contributed by atoms with E-state index in [-0.39, 0.29) is 27.7 Å². The van der Waals surface area contributed by atoms with Gasteiger partial charge in [-0.15, -0.1) is 0 Å². The van der Waals surface area contributed by atoms with Crippen molar-refractivity contribution < 1.29 is 23.1 Å². The minimum absolute atomic E-state index is 0.0112. The summed E-state index contributed by atoms with van der Waals surface area (Å²) in [5.74, 6) is -2.28. The van der Waals surface area contributed by atoms with Crippen molar-refractivity contribution in [2.24, 2.45) is 11.0 Å². The van der Waals surface area contributed by atoms with E-state index in [1.54, 1.807) is 6.07 Å². The van der Waals surface area contributed by atoms with Gasteiger partial charge < -0.3 is 5.11 Å². The minimum atomic E-state index is -5.02. The molecule has 0 unspecified atom stereocenters. The SMILES string of the molecule is O=C(c1ccccc1Cl)N1N=C2CCCC[C@@H]2[C@]1(O)C(F)(F)F. The van der Waals surface area contributed by atoms with Crippen molar-refractivity contribution in [3.05, 3.63) is 34.9 Å². The minimum Gasteiger partial charge on any atom is -0.362 e. The molecule has 1 heterocycles. The number of carbonyl (C=O) groups excluding carboxylic acids is 1. The molecule has 1 aliphatic heterocycles. The third-order valence-corrected chi connectivity index (χ3v) is 4.66. The molecule has 1 aromatic carbocycles. The largest absolute Gasteiger partial charge is 0.439 e. The molecule has 3 rings (SSSR count). The van der Waals surface area contributed by atoms with E-state index >= 15 is 0 Å². The number of hydrazone groups is 1. The Kier molecular flexibility index (Phi) is 3.88. The van der Waals surface area contributed by atoms with Crippen LogP contribution in [0.25, 0.3) is 0 Å². The molecule has 23 heavy (non-hydrogen) atoms. The van der Waals surface area contributed by atoms with Gasteiger partial charge in [-0.1, -0.05) is 30.2 Å². The fraction of sp³-hybridized carbons (Fsp3) is 0.467. The second kappa shape index (κ2) is 5.49. The van der Waals surface area contributed by atoms with Crippen LogP contribution in [0.5, 0.6) is 0 Å². The van der Waals surface area contributed by atoms with Gasteiger partial charge in [-0.3, -0.25) is 4.79 Å². The van der Waals surface area contributed by atoms with Gasteiger partial charge in [-0.25, -0.2) is 0 Å². The molecule has 0 bridgehead atoms. The van der Waals surface area contributed by atoms with E-state index in [0.29, 0.717) is 19.3 Å². The van der Waals surface area contributed by atoms with Crippen LogP contribution in [0.1, 0.15) is 36.0 Å². The highest BCUT2D eigenvalue weighted by atomic mass is 35.5. The monoisotopic (exact) mass is 346 g/mol. The summed E-state index contributed by atoms with van der Waals surface area (Å²) >= 11 is 5.90. The first-order chi connectivity index (χ1) is 10.8. The Morgan fingerprint density at radius 2 is 2.04 bits per heavy atom. The lowest BCUT2D eigenvalue weighted by Crippen LogP contribution is -2.61. The number of fused-ring (bicyclic) bond motifs is 1. The van der Waals surface area contributed by atoms with Gasteiger partial charge >= 0.3 is 6.18 Å². The van der Waals surface area contributed by atoms with E-state index in [9.17, 15) is 23.1 Å². The molecule has 0 spiro atoms. The van der Waals surface area contributed by atoms with Gasteiger partial charge in [0, 0.05) is 5.71 Å². The number of benzene rings is 1. The fourth-order valence-electron chi connectivity index (χ4n) is 3.17. The quantitative estimate of drug-likeness (QED) is 0.844. The third kappa shape index (κ3) is 2.42. The van der Waals surface area contributed by atoms with Crippen LogP contribution >= 0.6 is 11.6 Å². The summed E-state index contributed by atoms with van der Waals surface area (Å²) in [6.07, 6.45) is -3.29. The maximum Gasteiger partial charge on any atom is 0.439 e. The van der Waals surface area contributed by atoms with Gasteiger partial charge in [0.05, 0.1) is 16.5 Å². The topological polar surface area (TPSA) is 52.9 Å². The van der Waals surface area contributed by atoms with E-state index in [0.717, 1.165) is 0 Å². The van der Waals surface area contributed by atoms with Crippen molar-refractivity contribution in [2.45, 2.75) is 37.6 Å². The molecule has 1 aromatic rings. The molecule has 1 saturated carbocycles. The highest BCUT2D eigenvalue weighted by Gasteiger charge is 2.68. The molecule has 8 heteroatoms. The van der Waals surface area contributed by atoms with E-state index in [4.69, 9.17) is 11.6 Å². The van der Waals surface area contributed by atoms with Crippen LogP contribution in [0.4, 0.5) is 13.2 Å². The van der Waals surface area contributed by atoms with Crippen LogP contribution in [0.3, 0.4) is 0 Å². The number of alkyl halides is 3. The average molecular weight is 347 g/mol. The van der Waals surface area contributed by atoms with E-state index < -0.39 is 23.7 Å². The number of halogens is 4. The van der Waals surface area contributed by atoms with Crippen molar-refractivity contribution in [2.75, 3.05) is 0 Å². The van der Waals surface area contributed by atoms with Crippen LogP contribution < -0.4 is 0 Å². The third-order valence-electron chi connectivity index (χ3n) is 4.33. The highest BCUT2D eigenvalue weighted by molar-refractivity contribution is 6.33. The maximum atomic E-state index is 13.6. The first kappa shape index (κ1) is 16.3. The van der Waals surface area contributed by atoms with E-state index in [2.05, 4.69) is 5.10 Å². The lowest BCUT2D eigenvalue weighted by atomic mass is 9.80. The van der Waals surface area contributed by atoms with Crippen LogP contribution in [0, 0.1) is 5.92 Å². The number of carbonyl (C=O) groups is 1. The van der Waals surface area contributed by atoms with Crippen molar-refractivity contribution in [3.63, 3.8) is 0 Å². The lowest BCUT2D eigenvalue weighted by molar-refractivity contribution is -0.312.